The molecule has 13 heteroatoms. The van der Waals surface area contributed by atoms with E-state index in [9.17, 15) is 17.6 Å². The van der Waals surface area contributed by atoms with Crippen molar-refractivity contribution in [3.63, 3.8) is 0 Å². The topological polar surface area (TPSA) is 115 Å². The fraction of sp³-hybridized carbons (Fsp3) is 0.240. The smallest absolute Gasteiger partial charge is 0.300 e. The molecule has 4 aromatic rings. The second kappa shape index (κ2) is 11.8. The first-order valence-electron chi connectivity index (χ1n) is 10.9. The Labute approximate surface area is 224 Å². The number of aromatic nitrogens is 3. The average Bonchev–Trinajstić information content (AvgIpc) is 2.84. The van der Waals surface area contributed by atoms with Gasteiger partial charge < -0.3 is 14.4 Å². The van der Waals surface area contributed by atoms with E-state index in [1.807, 2.05) is 19.0 Å². The van der Waals surface area contributed by atoms with Crippen LogP contribution in [-0.4, -0.2) is 62.0 Å². The summed E-state index contributed by atoms with van der Waals surface area (Å²) >= 11 is 5.95. The van der Waals surface area contributed by atoms with Crippen molar-refractivity contribution in [3.8, 4) is 22.8 Å². The van der Waals surface area contributed by atoms with Gasteiger partial charge in [-0.25, -0.2) is 22.8 Å². The van der Waals surface area contributed by atoms with Crippen LogP contribution in [0.2, 0.25) is 5.02 Å². The molecule has 10 nitrogen and oxygen atoms in total. The Morgan fingerprint density at radius 1 is 1.11 bits per heavy atom. The lowest BCUT2D eigenvalue weighted by Crippen LogP contribution is -2.23. The standard InChI is InChI=1S/C24H23ClFN5O5S.CH4/c1-30(2)8-9-36-20-13-27-22-7-4-15(14-31(22)24(20)32)16-10-19(23(35-3)28-12-16)29-37(33,34)21-6-5-17(26)11-18(21)25;/h4-7,10-14,29H,8-9H2,1-3H3;1H4. The second-order valence-electron chi connectivity index (χ2n) is 8.19. The number of methoxy groups -OCH3 is 1. The van der Waals surface area contributed by atoms with Crippen LogP contribution in [0.15, 0.2) is 64.7 Å². The van der Waals surface area contributed by atoms with Crippen LogP contribution in [0.4, 0.5) is 10.1 Å². The number of pyridine rings is 2. The monoisotopic (exact) mass is 563 g/mol. The van der Waals surface area contributed by atoms with Crippen LogP contribution in [0.5, 0.6) is 11.6 Å². The summed E-state index contributed by atoms with van der Waals surface area (Å²) in [5.74, 6) is -0.562. The van der Waals surface area contributed by atoms with Crippen LogP contribution in [0.25, 0.3) is 16.8 Å². The van der Waals surface area contributed by atoms with Gasteiger partial charge in [0.2, 0.25) is 11.6 Å². The van der Waals surface area contributed by atoms with Gasteiger partial charge in [0.1, 0.15) is 28.7 Å². The van der Waals surface area contributed by atoms with Crippen molar-refractivity contribution in [3.05, 3.63) is 76.2 Å². The Morgan fingerprint density at radius 3 is 2.55 bits per heavy atom. The van der Waals surface area contributed by atoms with E-state index < -0.39 is 15.8 Å². The van der Waals surface area contributed by atoms with E-state index in [0.29, 0.717) is 29.9 Å². The van der Waals surface area contributed by atoms with Crippen molar-refractivity contribution >= 4 is 33.0 Å². The van der Waals surface area contributed by atoms with Crippen LogP contribution in [-0.2, 0) is 10.0 Å². The van der Waals surface area contributed by atoms with E-state index in [1.165, 1.54) is 30.0 Å². The second-order valence-corrected chi connectivity index (χ2v) is 10.2. The number of likely N-dealkylation sites (N-methyl/N-ethyl adjacent to an activating group) is 1. The highest BCUT2D eigenvalue weighted by molar-refractivity contribution is 7.92. The van der Waals surface area contributed by atoms with Gasteiger partial charge in [0.05, 0.1) is 18.3 Å². The lowest BCUT2D eigenvalue weighted by molar-refractivity contribution is 0.257. The van der Waals surface area contributed by atoms with E-state index in [0.717, 1.165) is 18.2 Å². The SMILES string of the molecule is C.COc1ncc(-c2ccc3ncc(OCCN(C)C)c(=O)n3c2)cc1NS(=O)(=O)c1ccc(F)cc1Cl. The van der Waals surface area contributed by atoms with Crippen molar-refractivity contribution < 1.29 is 22.3 Å². The number of anilines is 1. The molecule has 0 aliphatic carbocycles. The van der Waals surface area contributed by atoms with Crippen molar-refractivity contribution in [2.24, 2.45) is 0 Å². The van der Waals surface area contributed by atoms with Crippen molar-refractivity contribution in [1.82, 2.24) is 19.3 Å². The number of benzene rings is 1. The van der Waals surface area contributed by atoms with Gasteiger partial charge in [-0.1, -0.05) is 19.0 Å². The number of nitrogens with one attached hydrogen (secondary N) is 1. The molecule has 0 aliphatic heterocycles. The first kappa shape index (κ1) is 28.8. The fourth-order valence-corrected chi connectivity index (χ4v) is 4.99. The van der Waals surface area contributed by atoms with E-state index in [2.05, 4.69) is 14.7 Å². The summed E-state index contributed by atoms with van der Waals surface area (Å²) in [5.41, 5.74) is 1.07. The van der Waals surface area contributed by atoms with Crippen molar-refractivity contribution in [2.75, 3.05) is 39.1 Å². The first-order chi connectivity index (χ1) is 17.6. The third-order valence-electron chi connectivity index (χ3n) is 5.27. The highest BCUT2D eigenvalue weighted by Crippen LogP contribution is 2.31. The van der Waals surface area contributed by atoms with Gasteiger partial charge >= 0.3 is 0 Å². The molecule has 0 bridgehead atoms. The van der Waals surface area contributed by atoms with E-state index in [1.54, 1.807) is 18.3 Å². The molecule has 0 aliphatic rings. The number of halogens is 2. The molecule has 0 unspecified atom stereocenters. The normalized spacial score (nSPS) is 11.3. The molecule has 4 rings (SSSR count). The molecule has 3 aromatic heterocycles. The highest BCUT2D eigenvalue weighted by atomic mass is 35.5. The zero-order valence-corrected chi connectivity index (χ0v) is 21.7. The summed E-state index contributed by atoms with van der Waals surface area (Å²) in [7, 11) is 0.920. The predicted octanol–water partition coefficient (Wildman–Crippen LogP) is 3.93. The molecule has 0 fully saturated rings. The van der Waals surface area contributed by atoms with E-state index in [4.69, 9.17) is 21.1 Å². The minimum Gasteiger partial charge on any atom is -0.485 e. The molecular formula is C25H27ClFN5O5S. The minimum absolute atomic E-state index is 0. The molecule has 0 saturated carbocycles. The average molecular weight is 564 g/mol. The van der Waals surface area contributed by atoms with Crippen LogP contribution in [0.1, 0.15) is 7.43 Å². The number of sulfonamides is 1. The number of hydrogen-bond donors (Lipinski definition) is 1. The maximum Gasteiger partial charge on any atom is 0.300 e. The lowest BCUT2D eigenvalue weighted by atomic mass is 10.1. The Bertz CT molecular complexity index is 1630. The number of ether oxygens (including phenoxy) is 2. The molecule has 0 spiro atoms. The van der Waals surface area contributed by atoms with Crippen LogP contribution in [0.3, 0.4) is 0 Å². The molecule has 0 amide bonds. The molecule has 1 aromatic carbocycles. The Hall–Kier alpha value is -3.74. The molecule has 1 N–H and O–H groups in total. The predicted molar refractivity (Wildman–Crippen MR) is 144 cm³/mol. The van der Waals surface area contributed by atoms with Crippen LogP contribution >= 0.6 is 11.6 Å². The summed E-state index contributed by atoms with van der Waals surface area (Å²) < 4.78 is 53.9. The van der Waals surface area contributed by atoms with Gasteiger partial charge in [-0.2, -0.15) is 0 Å². The minimum atomic E-state index is -4.21. The summed E-state index contributed by atoms with van der Waals surface area (Å²) in [4.78, 5) is 23.1. The number of rotatable bonds is 9. The van der Waals surface area contributed by atoms with Crippen molar-refractivity contribution in [1.29, 1.82) is 0 Å². The summed E-state index contributed by atoms with van der Waals surface area (Å²) in [6.07, 6.45) is 4.41. The summed E-state index contributed by atoms with van der Waals surface area (Å²) in [6.45, 7) is 0.946. The maximum atomic E-state index is 13.4. The molecule has 0 saturated heterocycles. The molecule has 38 heavy (non-hydrogen) atoms. The van der Waals surface area contributed by atoms with E-state index in [-0.39, 0.29) is 40.2 Å². The largest absolute Gasteiger partial charge is 0.485 e. The number of hydrogen-bond acceptors (Lipinski definition) is 8. The van der Waals surface area contributed by atoms with Crippen LogP contribution < -0.4 is 19.8 Å². The molecular weight excluding hydrogens is 537 g/mol. The van der Waals surface area contributed by atoms with Gasteiger partial charge in [0.25, 0.3) is 15.6 Å². The molecule has 202 valence electrons. The zero-order valence-electron chi connectivity index (χ0n) is 20.1. The van der Waals surface area contributed by atoms with Gasteiger partial charge in [0, 0.05) is 30.1 Å². The Balaban J connectivity index is 0.00000400. The number of fused-ring (bicyclic) bond motifs is 1. The first-order valence-corrected chi connectivity index (χ1v) is 12.8. The zero-order chi connectivity index (χ0) is 26.7. The van der Waals surface area contributed by atoms with Gasteiger partial charge in [-0.05, 0) is 50.5 Å². The van der Waals surface area contributed by atoms with Gasteiger partial charge in [0.15, 0.2) is 0 Å². The fourth-order valence-electron chi connectivity index (χ4n) is 3.41. The number of nitrogens with zero attached hydrogens (tertiary/aromatic N) is 4. The summed E-state index contributed by atoms with van der Waals surface area (Å²) in [5, 5.41) is -0.277. The van der Waals surface area contributed by atoms with Crippen molar-refractivity contribution in [2.45, 2.75) is 12.3 Å². The lowest BCUT2D eigenvalue weighted by Gasteiger charge is -2.14. The molecule has 0 radical (unpaired) electrons. The Kier molecular flexibility index (Phi) is 8.92. The van der Waals surface area contributed by atoms with Gasteiger partial charge in [-0.15, -0.1) is 0 Å². The summed E-state index contributed by atoms with van der Waals surface area (Å²) in [6, 6.07) is 7.81. The third-order valence-corrected chi connectivity index (χ3v) is 7.12. The Morgan fingerprint density at radius 2 is 1.87 bits per heavy atom. The van der Waals surface area contributed by atoms with E-state index >= 15 is 0 Å². The maximum absolute atomic E-state index is 13.4. The third kappa shape index (κ3) is 6.21. The molecule has 0 atom stereocenters. The quantitative estimate of drug-likeness (QED) is 0.326. The van der Waals surface area contributed by atoms with Crippen LogP contribution in [0, 0.1) is 5.82 Å². The molecule has 3 heterocycles. The van der Waals surface area contributed by atoms with Gasteiger partial charge in [-0.3, -0.25) is 13.9 Å². The highest BCUT2D eigenvalue weighted by Gasteiger charge is 2.21.